The van der Waals surface area contributed by atoms with E-state index >= 15 is 0 Å². The fraction of sp³-hybridized carbons (Fsp3) is 0.650. The zero-order valence-corrected chi connectivity index (χ0v) is 18.2. The second-order valence-electron chi connectivity index (χ2n) is 7.64. The number of amides is 1. The molecule has 2 unspecified atom stereocenters. The van der Waals surface area contributed by atoms with Crippen molar-refractivity contribution in [2.75, 3.05) is 27.9 Å². The summed E-state index contributed by atoms with van der Waals surface area (Å²) in [7, 11) is 5.00. The number of methoxy groups -OCH3 is 2. The highest BCUT2D eigenvalue weighted by Crippen LogP contribution is 2.50. The van der Waals surface area contributed by atoms with Crippen LogP contribution in [0.2, 0.25) is 0 Å². The number of nitrogens with zero attached hydrogens (tertiary/aromatic N) is 1. The number of carbonyl (C=O) groups excluding carboxylic acids is 1. The molecule has 1 aliphatic carbocycles. The molecule has 0 aromatic heterocycles. The Labute approximate surface area is 168 Å². The van der Waals surface area contributed by atoms with Crippen LogP contribution in [0.5, 0.6) is 11.5 Å². The van der Waals surface area contributed by atoms with Crippen LogP contribution in [0.1, 0.15) is 38.3 Å². The van der Waals surface area contributed by atoms with E-state index in [1.54, 1.807) is 26.2 Å². The van der Waals surface area contributed by atoms with Crippen LogP contribution < -0.4 is 15.2 Å². The fourth-order valence-electron chi connectivity index (χ4n) is 3.66. The highest BCUT2D eigenvalue weighted by Gasteiger charge is 2.63. The summed E-state index contributed by atoms with van der Waals surface area (Å²) >= 11 is 0. The van der Waals surface area contributed by atoms with E-state index in [1.165, 1.54) is 0 Å². The largest absolute Gasteiger partial charge is 0.493 e. The molecule has 1 aromatic carbocycles. The third kappa shape index (κ3) is 4.03. The highest BCUT2D eigenvalue weighted by molar-refractivity contribution is 5.88. The Morgan fingerprint density at radius 3 is 2.30 bits per heavy atom. The van der Waals surface area contributed by atoms with E-state index in [9.17, 15) is 4.79 Å². The van der Waals surface area contributed by atoms with Gasteiger partial charge in [-0.05, 0) is 37.1 Å². The molecule has 6 nitrogen and oxygen atoms in total. The summed E-state index contributed by atoms with van der Waals surface area (Å²) < 4.78 is 16.4. The number of halogens is 1. The van der Waals surface area contributed by atoms with Crippen LogP contribution >= 0.6 is 12.4 Å². The van der Waals surface area contributed by atoms with E-state index in [0.29, 0.717) is 31.1 Å². The van der Waals surface area contributed by atoms with Crippen molar-refractivity contribution >= 4 is 18.3 Å². The van der Waals surface area contributed by atoms with Crippen LogP contribution in [0.4, 0.5) is 0 Å². The molecule has 1 saturated carbocycles. The SMILES string of the molecule is CCOC1CC(N)(C(=O)N(C)Cc2cc(OC)c(OC)cc2C)C1(C)C.Cl. The van der Waals surface area contributed by atoms with Gasteiger partial charge in [-0.2, -0.15) is 0 Å². The summed E-state index contributed by atoms with van der Waals surface area (Å²) in [5.41, 5.74) is 7.25. The molecule has 1 aliphatic rings. The zero-order valence-electron chi connectivity index (χ0n) is 17.4. The van der Waals surface area contributed by atoms with Crippen molar-refractivity contribution in [1.82, 2.24) is 4.90 Å². The topological polar surface area (TPSA) is 74.0 Å². The average Bonchev–Trinajstić information content (AvgIpc) is 2.61. The average molecular weight is 401 g/mol. The van der Waals surface area contributed by atoms with Gasteiger partial charge in [0.1, 0.15) is 5.54 Å². The van der Waals surface area contributed by atoms with Crippen molar-refractivity contribution in [2.45, 2.75) is 52.3 Å². The van der Waals surface area contributed by atoms with Gasteiger partial charge in [-0.15, -0.1) is 12.4 Å². The first-order valence-corrected chi connectivity index (χ1v) is 8.99. The van der Waals surface area contributed by atoms with Crippen molar-refractivity contribution in [3.63, 3.8) is 0 Å². The summed E-state index contributed by atoms with van der Waals surface area (Å²) in [5.74, 6) is 1.27. The first-order valence-electron chi connectivity index (χ1n) is 8.99. The maximum atomic E-state index is 13.1. The molecule has 154 valence electrons. The smallest absolute Gasteiger partial charge is 0.243 e. The summed E-state index contributed by atoms with van der Waals surface area (Å²) in [5, 5.41) is 0. The van der Waals surface area contributed by atoms with E-state index in [2.05, 4.69) is 0 Å². The minimum Gasteiger partial charge on any atom is -0.493 e. The Morgan fingerprint density at radius 2 is 1.81 bits per heavy atom. The van der Waals surface area contributed by atoms with Crippen molar-refractivity contribution in [2.24, 2.45) is 11.1 Å². The number of hydrogen-bond acceptors (Lipinski definition) is 5. The Kier molecular flexibility index (Phi) is 7.56. The molecule has 0 heterocycles. The standard InChI is InChI=1S/C20H32N2O4.ClH/c1-8-26-17-11-20(21,19(17,3)4)18(23)22(5)12-14-10-16(25-7)15(24-6)9-13(14)2;/h9-10,17H,8,11-12,21H2,1-7H3;1H. The monoisotopic (exact) mass is 400 g/mol. The molecule has 27 heavy (non-hydrogen) atoms. The van der Waals surface area contributed by atoms with Gasteiger partial charge in [-0.1, -0.05) is 13.8 Å². The van der Waals surface area contributed by atoms with Gasteiger partial charge in [0.2, 0.25) is 5.91 Å². The molecule has 2 atom stereocenters. The number of likely N-dealkylation sites (N-methyl/N-ethyl adjacent to an activating group) is 1. The third-order valence-corrected chi connectivity index (χ3v) is 5.81. The molecular weight excluding hydrogens is 368 g/mol. The van der Waals surface area contributed by atoms with Crippen LogP contribution in [0.3, 0.4) is 0 Å². The number of ether oxygens (including phenoxy) is 3. The van der Waals surface area contributed by atoms with Gasteiger partial charge in [0.25, 0.3) is 0 Å². The molecule has 0 bridgehead atoms. The molecule has 0 spiro atoms. The molecule has 0 saturated heterocycles. The van der Waals surface area contributed by atoms with Gasteiger partial charge in [-0.25, -0.2) is 0 Å². The van der Waals surface area contributed by atoms with E-state index in [0.717, 1.165) is 11.1 Å². The van der Waals surface area contributed by atoms with E-state index < -0.39 is 11.0 Å². The van der Waals surface area contributed by atoms with Crippen molar-refractivity contribution < 1.29 is 19.0 Å². The number of aryl methyl sites for hydroxylation is 1. The van der Waals surface area contributed by atoms with Crippen LogP contribution in [0, 0.1) is 12.3 Å². The fourth-order valence-corrected chi connectivity index (χ4v) is 3.66. The lowest BCUT2D eigenvalue weighted by molar-refractivity contribution is -0.178. The van der Waals surface area contributed by atoms with E-state index in [-0.39, 0.29) is 24.4 Å². The first-order chi connectivity index (χ1) is 12.1. The van der Waals surface area contributed by atoms with E-state index in [1.807, 2.05) is 39.8 Å². The molecule has 2 N–H and O–H groups in total. The third-order valence-electron chi connectivity index (χ3n) is 5.81. The second-order valence-corrected chi connectivity index (χ2v) is 7.64. The van der Waals surface area contributed by atoms with Crippen molar-refractivity contribution in [1.29, 1.82) is 0 Å². The van der Waals surface area contributed by atoms with E-state index in [4.69, 9.17) is 19.9 Å². The predicted octanol–water partition coefficient (Wildman–Crippen LogP) is 2.92. The van der Waals surface area contributed by atoms with Gasteiger partial charge in [-0.3, -0.25) is 4.79 Å². The first kappa shape index (κ1) is 23.5. The number of nitrogens with two attached hydrogens (primary N) is 1. The number of hydrogen-bond donors (Lipinski definition) is 1. The summed E-state index contributed by atoms with van der Waals surface area (Å²) in [6.07, 6.45) is 0.555. The Bertz CT molecular complexity index is 680. The maximum Gasteiger partial charge on any atom is 0.243 e. The van der Waals surface area contributed by atoms with Crippen LogP contribution in [-0.4, -0.2) is 50.3 Å². The molecule has 1 aromatic rings. The van der Waals surface area contributed by atoms with Crippen LogP contribution in [0.25, 0.3) is 0 Å². The second kappa shape index (κ2) is 8.67. The highest BCUT2D eigenvalue weighted by atomic mass is 35.5. The summed E-state index contributed by atoms with van der Waals surface area (Å²) in [4.78, 5) is 14.8. The van der Waals surface area contributed by atoms with Crippen LogP contribution in [0.15, 0.2) is 12.1 Å². The Morgan fingerprint density at radius 1 is 1.26 bits per heavy atom. The van der Waals surface area contributed by atoms with Crippen molar-refractivity contribution in [3.05, 3.63) is 23.3 Å². The molecule has 1 fully saturated rings. The quantitative estimate of drug-likeness (QED) is 0.761. The number of carbonyl (C=O) groups is 1. The van der Waals surface area contributed by atoms with Gasteiger partial charge >= 0.3 is 0 Å². The molecule has 1 amide bonds. The zero-order chi connectivity index (χ0) is 19.7. The minimum absolute atomic E-state index is 0. The van der Waals surface area contributed by atoms with Gasteiger partial charge in [0.15, 0.2) is 11.5 Å². The van der Waals surface area contributed by atoms with Gasteiger partial charge in [0.05, 0.1) is 20.3 Å². The lowest BCUT2D eigenvalue weighted by atomic mass is 9.54. The Balaban J connectivity index is 0.00000364. The summed E-state index contributed by atoms with van der Waals surface area (Å²) in [6.45, 7) is 9.04. The Hall–Kier alpha value is -1.50. The molecule has 0 aliphatic heterocycles. The lowest BCUT2D eigenvalue weighted by Gasteiger charge is -2.58. The minimum atomic E-state index is -0.911. The molecule has 2 rings (SSSR count). The molecule has 7 heteroatoms. The maximum absolute atomic E-state index is 13.1. The normalized spacial score (nSPS) is 23.0. The molecular formula is C20H33ClN2O4. The summed E-state index contributed by atoms with van der Waals surface area (Å²) in [6, 6.07) is 3.83. The van der Waals surface area contributed by atoms with Gasteiger partial charge in [0, 0.05) is 32.0 Å². The number of benzene rings is 1. The molecule has 0 radical (unpaired) electrons. The predicted molar refractivity (Wildman–Crippen MR) is 109 cm³/mol. The van der Waals surface area contributed by atoms with Crippen molar-refractivity contribution in [3.8, 4) is 11.5 Å². The lowest BCUT2D eigenvalue weighted by Crippen LogP contribution is -2.75. The van der Waals surface area contributed by atoms with Crippen LogP contribution in [-0.2, 0) is 16.1 Å². The number of rotatable bonds is 7. The van der Waals surface area contributed by atoms with Gasteiger partial charge < -0.3 is 24.8 Å².